The third-order valence-corrected chi connectivity index (χ3v) is 4.17. The topological polar surface area (TPSA) is 93.2 Å². The van der Waals surface area contributed by atoms with Gasteiger partial charge in [0.2, 0.25) is 5.89 Å². The summed E-state index contributed by atoms with van der Waals surface area (Å²) in [7, 11) is 1.87. The first-order chi connectivity index (χ1) is 10.5. The number of aryl methyl sites for hydroxylation is 2. The van der Waals surface area contributed by atoms with Crippen LogP contribution < -0.4 is 5.32 Å². The molecule has 0 aliphatic heterocycles. The molecule has 0 bridgehead atoms. The van der Waals surface area contributed by atoms with Crippen molar-refractivity contribution < 1.29 is 14.4 Å². The molecule has 0 radical (unpaired) electrons. The number of carbonyl (C=O) groups excluding carboxylic acids is 1. The van der Waals surface area contributed by atoms with E-state index in [9.17, 15) is 9.90 Å². The average molecular weight is 304 g/mol. The Kier molecular flexibility index (Phi) is 3.98. The van der Waals surface area contributed by atoms with E-state index in [0.29, 0.717) is 30.2 Å². The molecule has 2 aromatic heterocycles. The number of amides is 1. The van der Waals surface area contributed by atoms with Crippen LogP contribution in [-0.4, -0.2) is 38.4 Å². The molecule has 1 amide bonds. The van der Waals surface area contributed by atoms with Crippen molar-refractivity contribution in [2.24, 2.45) is 13.0 Å². The minimum Gasteiger partial charge on any atom is -0.393 e. The van der Waals surface area contributed by atoms with E-state index >= 15 is 0 Å². The van der Waals surface area contributed by atoms with Gasteiger partial charge in [0.25, 0.3) is 5.91 Å². The Morgan fingerprint density at radius 2 is 2.36 bits per heavy atom. The van der Waals surface area contributed by atoms with E-state index in [0.717, 1.165) is 6.42 Å². The molecule has 22 heavy (non-hydrogen) atoms. The van der Waals surface area contributed by atoms with Crippen LogP contribution in [0.5, 0.6) is 0 Å². The molecule has 7 nitrogen and oxygen atoms in total. The molecular formula is C15H20N4O3. The van der Waals surface area contributed by atoms with Gasteiger partial charge in [0.1, 0.15) is 0 Å². The fourth-order valence-electron chi connectivity index (χ4n) is 2.97. The number of rotatable bonds is 4. The van der Waals surface area contributed by atoms with Crippen LogP contribution in [0.15, 0.2) is 23.0 Å². The Labute approximate surface area is 128 Å². The molecule has 2 heterocycles. The van der Waals surface area contributed by atoms with Gasteiger partial charge in [0.05, 0.1) is 11.7 Å². The van der Waals surface area contributed by atoms with Gasteiger partial charge in [-0.05, 0) is 25.8 Å². The molecule has 0 unspecified atom stereocenters. The van der Waals surface area contributed by atoms with Crippen LogP contribution in [0.25, 0.3) is 0 Å². The summed E-state index contributed by atoms with van der Waals surface area (Å²) in [6.07, 6.45) is 4.46. The van der Waals surface area contributed by atoms with Crippen molar-refractivity contribution in [3.05, 3.63) is 35.7 Å². The maximum Gasteiger partial charge on any atom is 0.252 e. The summed E-state index contributed by atoms with van der Waals surface area (Å²) in [6, 6.07) is 1.77. The van der Waals surface area contributed by atoms with Gasteiger partial charge < -0.3 is 19.5 Å². The molecular weight excluding hydrogens is 284 g/mol. The monoisotopic (exact) mass is 304 g/mol. The predicted molar refractivity (Wildman–Crippen MR) is 78.3 cm³/mol. The fourth-order valence-corrected chi connectivity index (χ4v) is 2.97. The summed E-state index contributed by atoms with van der Waals surface area (Å²) < 4.78 is 7.01. The number of nitrogens with one attached hydrogen (secondary N) is 1. The van der Waals surface area contributed by atoms with Crippen molar-refractivity contribution in [2.45, 2.75) is 31.8 Å². The number of aliphatic hydroxyl groups is 1. The molecule has 0 spiro atoms. The van der Waals surface area contributed by atoms with Gasteiger partial charge in [0.15, 0.2) is 5.82 Å². The first-order valence-electron chi connectivity index (χ1n) is 7.41. The minimum absolute atomic E-state index is 0.00451. The first-order valence-corrected chi connectivity index (χ1v) is 7.41. The zero-order valence-corrected chi connectivity index (χ0v) is 12.7. The molecule has 2 aromatic rings. The molecule has 0 saturated heterocycles. The Morgan fingerprint density at radius 3 is 3.00 bits per heavy atom. The van der Waals surface area contributed by atoms with Crippen molar-refractivity contribution in [1.29, 1.82) is 0 Å². The molecule has 1 fully saturated rings. The van der Waals surface area contributed by atoms with E-state index in [2.05, 4.69) is 15.5 Å². The van der Waals surface area contributed by atoms with Gasteiger partial charge in [-0.25, -0.2) is 0 Å². The predicted octanol–water partition coefficient (Wildman–Crippen LogP) is 1.00. The normalized spacial score (nSPS) is 24.6. The smallest absolute Gasteiger partial charge is 0.252 e. The number of aliphatic hydroxyl groups excluding tert-OH is 1. The van der Waals surface area contributed by atoms with E-state index in [1.165, 1.54) is 0 Å². The molecule has 3 atom stereocenters. The average Bonchev–Trinajstić information content (AvgIpc) is 3.17. The van der Waals surface area contributed by atoms with Crippen LogP contribution in [0.3, 0.4) is 0 Å². The van der Waals surface area contributed by atoms with Crippen LogP contribution >= 0.6 is 0 Å². The lowest BCUT2D eigenvalue weighted by molar-refractivity contribution is 0.0916. The molecule has 118 valence electrons. The second-order valence-corrected chi connectivity index (χ2v) is 5.95. The van der Waals surface area contributed by atoms with E-state index in [-0.39, 0.29) is 17.7 Å². The highest BCUT2D eigenvalue weighted by molar-refractivity contribution is 5.93. The van der Waals surface area contributed by atoms with E-state index in [1.807, 2.05) is 17.8 Å². The third kappa shape index (κ3) is 3.04. The number of aromatic nitrogens is 3. The maximum absolute atomic E-state index is 12.0. The zero-order valence-electron chi connectivity index (χ0n) is 12.7. The number of hydrogen-bond acceptors (Lipinski definition) is 5. The zero-order chi connectivity index (χ0) is 15.7. The van der Waals surface area contributed by atoms with Gasteiger partial charge in [-0.1, -0.05) is 5.16 Å². The summed E-state index contributed by atoms with van der Waals surface area (Å²) in [5.74, 6) is 1.13. The second-order valence-electron chi connectivity index (χ2n) is 5.95. The lowest BCUT2D eigenvalue weighted by atomic mass is 10.0. The maximum atomic E-state index is 12.0. The Morgan fingerprint density at radius 1 is 1.55 bits per heavy atom. The highest BCUT2D eigenvalue weighted by atomic mass is 16.5. The van der Waals surface area contributed by atoms with Crippen molar-refractivity contribution in [3.8, 4) is 0 Å². The summed E-state index contributed by atoms with van der Waals surface area (Å²) in [6.45, 7) is 2.22. The largest absolute Gasteiger partial charge is 0.393 e. The Balaban J connectivity index is 1.56. The SMILES string of the molecule is Cc1noc([C@H]2C[C@H](CNC(=O)c3ccn(C)c3)[C@H](O)C2)n1. The summed E-state index contributed by atoms with van der Waals surface area (Å²) in [5, 5.41) is 16.8. The molecule has 1 aliphatic carbocycles. The van der Waals surface area contributed by atoms with Crippen LogP contribution in [0.4, 0.5) is 0 Å². The third-order valence-electron chi connectivity index (χ3n) is 4.17. The number of hydrogen-bond donors (Lipinski definition) is 2. The standard InChI is InChI=1S/C15H20N4O3/c1-9-17-15(22-18-9)11-5-12(13(20)6-11)7-16-14(21)10-3-4-19(2)8-10/h3-4,8,11-13,20H,5-7H2,1-2H3,(H,16,21)/t11-,12+,13+/m0/s1. The van der Waals surface area contributed by atoms with Crippen LogP contribution in [0.2, 0.25) is 0 Å². The fraction of sp³-hybridized carbons (Fsp3) is 0.533. The number of nitrogens with zero attached hydrogens (tertiary/aromatic N) is 3. The minimum atomic E-state index is -0.465. The molecule has 2 N–H and O–H groups in total. The molecule has 7 heteroatoms. The van der Waals surface area contributed by atoms with Gasteiger partial charge in [-0.3, -0.25) is 4.79 Å². The lowest BCUT2D eigenvalue weighted by Gasteiger charge is -2.14. The van der Waals surface area contributed by atoms with E-state index in [4.69, 9.17) is 4.52 Å². The van der Waals surface area contributed by atoms with Crippen molar-refractivity contribution in [3.63, 3.8) is 0 Å². The summed E-state index contributed by atoms with van der Waals surface area (Å²) in [5.41, 5.74) is 0.624. The summed E-state index contributed by atoms with van der Waals surface area (Å²) in [4.78, 5) is 16.3. The highest BCUT2D eigenvalue weighted by Gasteiger charge is 2.36. The van der Waals surface area contributed by atoms with Crippen molar-refractivity contribution in [1.82, 2.24) is 20.0 Å². The quantitative estimate of drug-likeness (QED) is 0.879. The van der Waals surface area contributed by atoms with Crippen LogP contribution in [0.1, 0.15) is 40.8 Å². The Hall–Kier alpha value is -2.15. The van der Waals surface area contributed by atoms with Crippen LogP contribution in [-0.2, 0) is 7.05 Å². The van der Waals surface area contributed by atoms with E-state index < -0.39 is 6.10 Å². The molecule has 1 saturated carbocycles. The van der Waals surface area contributed by atoms with Gasteiger partial charge >= 0.3 is 0 Å². The van der Waals surface area contributed by atoms with Gasteiger partial charge in [-0.15, -0.1) is 0 Å². The second kappa shape index (κ2) is 5.92. The van der Waals surface area contributed by atoms with Crippen molar-refractivity contribution >= 4 is 5.91 Å². The Bertz CT molecular complexity index is 663. The van der Waals surface area contributed by atoms with E-state index in [1.54, 1.807) is 19.2 Å². The molecule has 0 aromatic carbocycles. The first kappa shape index (κ1) is 14.8. The summed E-state index contributed by atoms with van der Waals surface area (Å²) >= 11 is 0. The number of carbonyl (C=O) groups is 1. The van der Waals surface area contributed by atoms with Gasteiger partial charge in [0, 0.05) is 37.8 Å². The van der Waals surface area contributed by atoms with Crippen LogP contribution in [0, 0.1) is 12.8 Å². The molecule has 3 rings (SSSR count). The molecule has 1 aliphatic rings. The highest BCUT2D eigenvalue weighted by Crippen LogP contribution is 2.37. The van der Waals surface area contributed by atoms with Crippen molar-refractivity contribution in [2.75, 3.05) is 6.54 Å². The van der Waals surface area contributed by atoms with Gasteiger partial charge in [-0.2, -0.15) is 4.98 Å². The lowest BCUT2D eigenvalue weighted by Crippen LogP contribution is -2.32.